The average Bonchev–Trinajstić information content (AvgIpc) is 2.66. The van der Waals surface area contributed by atoms with Gasteiger partial charge in [0.15, 0.2) is 5.78 Å². The first-order valence-corrected chi connectivity index (χ1v) is 8.61. The van der Waals surface area contributed by atoms with Crippen LogP contribution < -0.4 is 5.56 Å². The zero-order valence-electron chi connectivity index (χ0n) is 13.4. The Morgan fingerprint density at radius 2 is 1.85 bits per heavy atom. The summed E-state index contributed by atoms with van der Waals surface area (Å²) in [5.41, 5.74) is -0.767. The van der Waals surface area contributed by atoms with Gasteiger partial charge >= 0.3 is 0 Å². The minimum atomic E-state index is -0.659. The maximum absolute atomic E-state index is 12.8. The number of aromatic nitrogens is 1. The van der Waals surface area contributed by atoms with Crippen molar-refractivity contribution >= 4 is 40.6 Å². The summed E-state index contributed by atoms with van der Waals surface area (Å²) in [5.74, 6) is -0.889. The van der Waals surface area contributed by atoms with E-state index in [1.165, 1.54) is 30.5 Å². The minimum absolute atomic E-state index is 0.000223. The molecular weight excluding hydrogens is 411 g/mol. The van der Waals surface area contributed by atoms with Crippen LogP contribution in [0.25, 0.3) is 5.69 Å². The van der Waals surface area contributed by atoms with E-state index in [0.29, 0.717) is 0 Å². The predicted molar refractivity (Wildman–Crippen MR) is 103 cm³/mol. The maximum atomic E-state index is 12.8. The number of rotatable bonds is 3. The van der Waals surface area contributed by atoms with Gasteiger partial charge < -0.3 is 5.11 Å². The second-order valence-electron chi connectivity index (χ2n) is 5.49. The van der Waals surface area contributed by atoms with Gasteiger partial charge in [-0.2, -0.15) is 5.26 Å². The topological polar surface area (TPSA) is 83.1 Å². The molecule has 0 unspecified atom stereocenters. The Balaban J connectivity index is 2.26. The Morgan fingerprint density at radius 3 is 2.56 bits per heavy atom. The number of nitrogens with zero attached hydrogens (tertiary/aromatic N) is 2. The molecule has 0 aliphatic heterocycles. The lowest BCUT2D eigenvalue weighted by atomic mass is 10.0. The number of phenols is 1. The number of ketones is 1. The largest absolute Gasteiger partial charge is 0.507 e. The van der Waals surface area contributed by atoms with Crippen molar-refractivity contribution < 1.29 is 9.90 Å². The summed E-state index contributed by atoms with van der Waals surface area (Å²) in [6, 6.07) is 11.6. The van der Waals surface area contributed by atoms with Gasteiger partial charge in [0.25, 0.3) is 5.56 Å². The van der Waals surface area contributed by atoms with E-state index in [2.05, 4.69) is 0 Å². The van der Waals surface area contributed by atoms with Crippen LogP contribution in [-0.4, -0.2) is 15.5 Å². The lowest BCUT2D eigenvalue weighted by Crippen LogP contribution is -2.23. The van der Waals surface area contributed by atoms with Crippen molar-refractivity contribution in [1.29, 1.82) is 5.26 Å². The highest BCUT2D eigenvalue weighted by molar-refractivity contribution is 6.43. The van der Waals surface area contributed by atoms with Gasteiger partial charge in [0.05, 0.1) is 21.3 Å². The molecule has 134 valence electrons. The van der Waals surface area contributed by atoms with Crippen molar-refractivity contribution in [2.45, 2.75) is 0 Å². The fourth-order valence-corrected chi connectivity index (χ4v) is 3.05. The third-order valence-electron chi connectivity index (χ3n) is 3.79. The van der Waals surface area contributed by atoms with E-state index < -0.39 is 11.3 Å². The Labute approximate surface area is 168 Å². The van der Waals surface area contributed by atoms with Gasteiger partial charge in [-0.3, -0.25) is 14.2 Å². The van der Waals surface area contributed by atoms with Gasteiger partial charge in [-0.1, -0.05) is 40.9 Å². The fourth-order valence-electron chi connectivity index (χ4n) is 2.49. The molecule has 3 rings (SSSR count). The first kappa shape index (κ1) is 19.0. The highest BCUT2D eigenvalue weighted by atomic mass is 35.5. The lowest BCUT2D eigenvalue weighted by molar-refractivity contribution is 0.103. The summed E-state index contributed by atoms with van der Waals surface area (Å²) in [6.07, 6.45) is 1.24. The number of carbonyl (C=O) groups excluding carboxylic acids is 1. The second kappa shape index (κ2) is 7.45. The van der Waals surface area contributed by atoms with E-state index >= 15 is 0 Å². The van der Waals surface area contributed by atoms with Crippen LogP contribution in [0.4, 0.5) is 0 Å². The molecule has 2 aromatic carbocycles. The number of pyridine rings is 1. The molecular formula is C19H9Cl3N2O3. The average molecular weight is 420 g/mol. The first-order chi connectivity index (χ1) is 12.8. The maximum Gasteiger partial charge on any atom is 0.273 e. The number of phenolic OH excluding ortho intramolecular Hbond substituents is 1. The van der Waals surface area contributed by atoms with E-state index in [1.54, 1.807) is 18.2 Å². The summed E-state index contributed by atoms with van der Waals surface area (Å²) >= 11 is 18.1. The molecule has 1 heterocycles. The van der Waals surface area contributed by atoms with Crippen LogP contribution in [0.15, 0.2) is 53.5 Å². The van der Waals surface area contributed by atoms with Gasteiger partial charge in [0.1, 0.15) is 17.4 Å². The molecule has 1 N–H and O–H groups in total. The molecule has 8 heteroatoms. The minimum Gasteiger partial charge on any atom is -0.507 e. The summed E-state index contributed by atoms with van der Waals surface area (Å²) in [4.78, 5) is 25.4. The third-order valence-corrected chi connectivity index (χ3v) is 4.84. The Kier molecular flexibility index (Phi) is 5.24. The number of halogens is 3. The van der Waals surface area contributed by atoms with Crippen LogP contribution in [0, 0.1) is 11.3 Å². The molecule has 0 saturated heterocycles. The van der Waals surface area contributed by atoms with Gasteiger partial charge in [-0.15, -0.1) is 0 Å². The summed E-state index contributed by atoms with van der Waals surface area (Å²) in [6.45, 7) is 0. The molecule has 0 radical (unpaired) electrons. The SMILES string of the molecule is N#Cc1cc(C(=O)c2cc(Cl)ccc2O)cn(-c2cccc(Cl)c2Cl)c1=O. The van der Waals surface area contributed by atoms with Crippen molar-refractivity contribution in [2.24, 2.45) is 0 Å². The van der Waals surface area contributed by atoms with Crippen molar-refractivity contribution in [2.75, 3.05) is 0 Å². The molecule has 0 aliphatic carbocycles. The molecule has 0 bridgehead atoms. The number of benzene rings is 2. The van der Waals surface area contributed by atoms with Crippen LogP contribution in [0.5, 0.6) is 5.75 Å². The zero-order chi connectivity index (χ0) is 19.7. The normalized spacial score (nSPS) is 10.4. The number of aromatic hydroxyl groups is 1. The van der Waals surface area contributed by atoms with E-state index in [9.17, 15) is 20.0 Å². The summed E-state index contributed by atoms with van der Waals surface area (Å²) in [5, 5.41) is 19.8. The fraction of sp³-hybridized carbons (Fsp3) is 0. The Bertz CT molecular complexity index is 1180. The van der Waals surface area contributed by atoms with Crippen LogP contribution in [-0.2, 0) is 0 Å². The van der Waals surface area contributed by atoms with Crippen LogP contribution in [0.1, 0.15) is 21.5 Å². The first-order valence-electron chi connectivity index (χ1n) is 7.48. The monoisotopic (exact) mass is 418 g/mol. The smallest absolute Gasteiger partial charge is 0.273 e. The zero-order valence-corrected chi connectivity index (χ0v) is 15.7. The quantitative estimate of drug-likeness (QED) is 0.629. The van der Waals surface area contributed by atoms with Gasteiger partial charge in [-0.25, -0.2) is 0 Å². The number of hydrogen-bond acceptors (Lipinski definition) is 4. The molecule has 0 atom stereocenters. The van der Waals surface area contributed by atoms with E-state index in [0.717, 1.165) is 10.6 Å². The summed E-state index contributed by atoms with van der Waals surface area (Å²) in [7, 11) is 0. The molecule has 0 spiro atoms. The lowest BCUT2D eigenvalue weighted by Gasteiger charge is -2.12. The van der Waals surface area contributed by atoms with E-state index in [1.807, 2.05) is 0 Å². The molecule has 1 aromatic heterocycles. The predicted octanol–water partition coefficient (Wildman–Crippen LogP) is 4.61. The van der Waals surface area contributed by atoms with Gasteiger partial charge in [0, 0.05) is 16.8 Å². The molecule has 0 fully saturated rings. The van der Waals surface area contributed by atoms with Crippen molar-refractivity contribution in [3.63, 3.8) is 0 Å². The van der Waals surface area contributed by atoms with Crippen LogP contribution in [0.2, 0.25) is 15.1 Å². The molecule has 27 heavy (non-hydrogen) atoms. The van der Waals surface area contributed by atoms with Crippen LogP contribution in [0.3, 0.4) is 0 Å². The number of nitriles is 1. The Morgan fingerprint density at radius 1 is 1.11 bits per heavy atom. The van der Waals surface area contributed by atoms with Gasteiger partial charge in [-0.05, 0) is 36.4 Å². The highest BCUT2D eigenvalue weighted by Gasteiger charge is 2.19. The van der Waals surface area contributed by atoms with Crippen molar-refractivity contribution in [3.8, 4) is 17.5 Å². The molecule has 3 aromatic rings. The Hall–Kier alpha value is -2.78. The van der Waals surface area contributed by atoms with Crippen molar-refractivity contribution in [3.05, 3.63) is 90.8 Å². The highest BCUT2D eigenvalue weighted by Crippen LogP contribution is 2.29. The molecule has 0 amide bonds. The summed E-state index contributed by atoms with van der Waals surface area (Å²) < 4.78 is 1.07. The van der Waals surface area contributed by atoms with Crippen LogP contribution >= 0.6 is 34.8 Å². The third kappa shape index (κ3) is 3.56. The van der Waals surface area contributed by atoms with E-state index in [-0.39, 0.29) is 43.2 Å². The number of carbonyl (C=O) groups is 1. The molecule has 0 saturated carbocycles. The van der Waals surface area contributed by atoms with E-state index in [4.69, 9.17) is 34.8 Å². The standard InChI is InChI=1S/C19H9Cl3N2O3/c20-12-4-5-16(25)13(7-12)18(26)11-6-10(8-23)19(27)24(9-11)15-3-1-2-14(21)17(15)22/h1-7,9,25H. The molecule has 0 aliphatic rings. The van der Waals surface area contributed by atoms with Crippen molar-refractivity contribution in [1.82, 2.24) is 4.57 Å². The molecule has 5 nitrogen and oxygen atoms in total. The number of hydrogen-bond donors (Lipinski definition) is 1. The van der Waals surface area contributed by atoms with Gasteiger partial charge in [0.2, 0.25) is 0 Å². The second-order valence-corrected chi connectivity index (χ2v) is 6.71.